The molecule has 138 valence electrons. The van der Waals surface area contributed by atoms with Crippen LogP contribution in [-0.4, -0.2) is 31.7 Å². The summed E-state index contributed by atoms with van der Waals surface area (Å²) in [5.41, 5.74) is 0.110. The molecule has 0 atom stereocenters. The number of anilines is 1. The molecule has 1 aliphatic rings. The Kier molecular flexibility index (Phi) is 5.33. The van der Waals surface area contributed by atoms with Crippen LogP contribution in [0.4, 0.5) is 14.5 Å². The van der Waals surface area contributed by atoms with Crippen molar-refractivity contribution in [2.45, 2.75) is 17.7 Å². The monoisotopic (exact) mass is 380 g/mol. The number of rotatable bonds is 4. The normalized spacial score (nSPS) is 16.4. The van der Waals surface area contributed by atoms with E-state index < -0.39 is 27.6 Å². The van der Waals surface area contributed by atoms with Gasteiger partial charge in [-0.3, -0.25) is 4.79 Å². The van der Waals surface area contributed by atoms with Gasteiger partial charge in [0.2, 0.25) is 15.9 Å². The first-order valence-electron chi connectivity index (χ1n) is 8.19. The zero-order valence-corrected chi connectivity index (χ0v) is 14.7. The van der Waals surface area contributed by atoms with Crippen molar-refractivity contribution in [3.8, 4) is 0 Å². The van der Waals surface area contributed by atoms with E-state index in [1.54, 1.807) is 6.07 Å². The third-order valence-corrected chi connectivity index (χ3v) is 6.32. The standard InChI is InChI=1S/C18H18F2N2O3S/c19-14-5-7-15(8-6-14)26(24,25)22-11-9-13(10-12-22)18(23)21-17-4-2-1-3-16(17)20/h1-8,13H,9-12H2,(H,21,23). The molecule has 3 rings (SSSR count). The van der Waals surface area contributed by atoms with Crippen molar-refractivity contribution in [3.05, 3.63) is 60.2 Å². The van der Waals surface area contributed by atoms with Crippen LogP contribution >= 0.6 is 0 Å². The fourth-order valence-corrected chi connectivity index (χ4v) is 4.38. The minimum atomic E-state index is -3.72. The Morgan fingerprint density at radius 3 is 2.23 bits per heavy atom. The molecule has 1 N–H and O–H groups in total. The van der Waals surface area contributed by atoms with Crippen LogP contribution in [0.1, 0.15) is 12.8 Å². The van der Waals surface area contributed by atoms with Crippen LogP contribution in [0.3, 0.4) is 0 Å². The molecule has 5 nitrogen and oxygen atoms in total. The molecular formula is C18H18F2N2O3S. The summed E-state index contributed by atoms with van der Waals surface area (Å²) >= 11 is 0. The Hall–Kier alpha value is -2.32. The number of sulfonamides is 1. The maximum atomic E-state index is 13.6. The van der Waals surface area contributed by atoms with Gasteiger partial charge in [-0.05, 0) is 49.2 Å². The van der Waals surface area contributed by atoms with Crippen LogP contribution in [-0.2, 0) is 14.8 Å². The van der Waals surface area contributed by atoms with E-state index in [0.29, 0.717) is 12.8 Å². The molecule has 1 saturated heterocycles. The fourth-order valence-electron chi connectivity index (χ4n) is 2.91. The van der Waals surface area contributed by atoms with E-state index >= 15 is 0 Å². The summed E-state index contributed by atoms with van der Waals surface area (Å²) in [6.07, 6.45) is 0.668. The molecule has 8 heteroatoms. The zero-order valence-electron chi connectivity index (χ0n) is 13.9. The van der Waals surface area contributed by atoms with Gasteiger partial charge >= 0.3 is 0 Å². The maximum Gasteiger partial charge on any atom is 0.243 e. The second kappa shape index (κ2) is 7.51. The molecule has 1 heterocycles. The van der Waals surface area contributed by atoms with Crippen molar-refractivity contribution in [1.82, 2.24) is 4.31 Å². The van der Waals surface area contributed by atoms with E-state index in [2.05, 4.69) is 5.32 Å². The average molecular weight is 380 g/mol. The van der Waals surface area contributed by atoms with Crippen molar-refractivity contribution < 1.29 is 22.0 Å². The summed E-state index contributed by atoms with van der Waals surface area (Å²) in [7, 11) is -3.72. The number of halogens is 2. The molecule has 1 amide bonds. The summed E-state index contributed by atoms with van der Waals surface area (Å²) in [6.45, 7) is 0.351. The Balaban J connectivity index is 1.62. The van der Waals surface area contributed by atoms with Gasteiger partial charge in [0, 0.05) is 19.0 Å². The molecular weight excluding hydrogens is 362 g/mol. The summed E-state index contributed by atoms with van der Waals surface area (Å²) in [5.74, 6) is -1.74. The van der Waals surface area contributed by atoms with E-state index in [1.807, 2.05) is 0 Å². The Labute approximate surface area is 150 Å². The predicted octanol–water partition coefficient (Wildman–Crippen LogP) is 3.00. The lowest BCUT2D eigenvalue weighted by atomic mass is 9.97. The quantitative estimate of drug-likeness (QED) is 0.887. The van der Waals surface area contributed by atoms with Crippen LogP contribution in [0.25, 0.3) is 0 Å². The predicted molar refractivity (Wildman–Crippen MR) is 92.9 cm³/mol. The second-order valence-corrected chi connectivity index (χ2v) is 8.04. The molecule has 0 bridgehead atoms. The topological polar surface area (TPSA) is 66.5 Å². The molecule has 1 aliphatic heterocycles. The van der Waals surface area contributed by atoms with Crippen LogP contribution in [0.2, 0.25) is 0 Å². The first-order chi connectivity index (χ1) is 12.4. The molecule has 2 aromatic rings. The zero-order chi connectivity index (χ0) is 18.7. The van der Waals surface area contributed by atoms with Crippen LogP contribution < -0.4 is 5.32 Å². The van der Waals surface area contributed by atoms with Crippen LogP contribution in [0.15, 0.2) is 53.4 Å². The smallest absolute Gasteiger partial charge is 0.243 e. The van der Waals surface area contributed by atoms with Crippen molar-refractivity contribution in [1.29, 1.82) is 0 Å². The molecule has 1 fully saturated rings. The van der Waals surface area contributed by atoms with Gasteiger partial charge in [-0.1, -0.05) is 12.1 Å². The van der Waals surface area contributed by atoms with Gasteiger partial charge in [-0.2, -0.15) is 4.31 Å². The van der Waals surface area contributed by atoms with Gasteiger partial charge in [-0.15, -0.1) is 0 Å². The summed E-state index contributed by atoms with van der Waals surface area (Å²) in [6, 6.07) is 10.5. The number of amides is 1. The number of para-hydroxylation sites is 1. The number of carbonyl (C=O) groups is 1. The average Bonchev–Trinajstić information content (AvgIpc) is 2.64. The van der Waals surface area contributed by atoms with Gasteiger partial charge in [0.15, 0.2) is 0 Å². The van der Waals surface area contributed by atoms with Gasteiger partial charge in [0.05, 0.1) is 10.6 Å². The van der Waals surface area contributed by atoms with E-state index in [-0.39, 0.29) is 29.6 Å². The van der Waals surface area contributed by atoms with Crippen LogP contribution in [0, 0.1) is 17.6 Å². The number of hydrogen-bond donors (Lipinski definition) is 1. The number of hydrogen-bond acceptors (Lipinski definition) is 3. The lowest BCUT2D eigenvalue weighted by Crippen LogP contribution is -2.41. The highest BCUT2D eigenvalue weighted by Crippen LogP contribution is 2.25. The molecule has 0 aliphatic carbocycles. The lowest BCUT2D eigenvalue weighted by molar-refractivity contribution is -0.120. The number of piperidine rings is 1. The second-order valence-electron chi connectivity index (χ2n) is 6.10. The van der Waals surface area contributed by atoms with Gasteiger partial charge in [-0.25, -0.2) is 17.2 Å². The minimum Gasteiger partial charge on any atom is -0.323 e. The molecule has 26 heavy (non-hydrogen) atoms. The van der Waals surface area contributed by atoms with Crippen LogP contribution in [0.5, 0.6) is 0 Å². The first kappa shape index (κ1) is 18.5. The van der Waals surface area contributed by atoms with Gasteiger partial charge in [0.25, 0.3) is 0 Å². The third-order valence-electron chi connectivity index (χ3n) is 4.41. The summed E-state index contributed by atoms with van der Waals surface area (Å²) < 4.78 is 53.0. The van der Waals surface area contributed by atoms with Crippen molar-refractivity contribution >= 4 is 21.6 Å². The summed E-state index contributed by atoms with van der Waals surface area (Å²) in [5, 5.41) is 2.55. The molecule has 0 spiro atoms. The third kappa shape index (κ3) is 3.91. The van der Waals surface area contributed by atoms with Crippen molar-refractivity contribution in [2.75, 3.05) is 18.4 Å². The SMILES string of the molecule is O=C(Nc1ccccc1F)C1CCN(S(=O)(=O)c2ccc(F)cc2)CC1. The Bertz CT molecular complexity index is 893. The fraction of sp³-hybridized carbons (Fsp3) is 0.278. The lowest BCUT2D eigenvalue weighted by Gasteiger charge is -2.30. The molecule has 2 aromatic carbocycles. The first-order valence-corrected chi connectivity index (χ1v) is 9.63. The molecule has 0 aromatic heterocycles. The van der Waals surface area contributed by atoms with Crippen molar-refractivity contribution in [2.24, 2.45) is 5.92 Å². The van der Waals surface area contributed by atoms with Crippen molar-refractivity contribution in [3.63, 3.8) is 0 Å². The molecule has 0 saturated carbocycles. The van der Waals surface area contributed by atoms with E-state index in [0.717, 1.165) is 12.1 Å². The van der Waals surface area contributed by atoms with Gasteiger partial charge in [0.1, 0.15) is 11.6 Å². The highest BCUT2D eigenvalue weighted by molar-refractivity contribution is 7.89. The molecule has 0 radical (unpaired) electrons. The highest BCUT2D eigenvalue weighted by Gasteiger charge is 2.32. The number of benzene rings is 2. The highest BCUT2D eigenvalue weighted by atomic mass is 32.2. The number of nitrogens with zero attached hydrogens (tertiary/aromatic N) is 1. The summed E-state index contributed by atoms with van der Waals surface area (Å²) in [4.78, 5) is 12.3. The largest absolute Gasteiger partial charge is 0.323 e. The van der Waals surface area contributed by atoms with E-state index in [1.165, 1.54) is 34.6 Å². The van der Waals surface area contributed by atoms with Gasteiger partial charge < -0.3 is 5.32 Å². The Morgan fingerprint density at radius 2 is 1.62 bits per heavy atom. The minimum absolute atomic E-state index is 0.0214. The maximum absolute atomic E-state index is 13.6. The number of carbonyl (C=O) groups excluding carboxylic acids is 1. The Morgan fingerprint density at radius 1 is 1.00 bits per heavy atom. The van der Waals surface area contributed by atoms with E-state index in [4.69, 9.17) is 0 Å². The number of nitrogens with one attached hydrogen (secondary N) is 1. The van der Waals surface area contributed by atoms with E-state index in [9.17, 15) is 22.0 Å². The molecule has 0 unspecified atom stereocenters.